The fourth-order valence-corrected chi connectivity index (χ4v) is 1.79. The van der Waals surface area contributed by atoms with E-state index in [1.54, 1.807) is 6.20 Å². The second-order valence-corrected chi connectivity index (χ2v) is 4.64. The van der Waals surface area contributed by atoms with Crippen LogP contribution in [0.1, 0.15) is 12.5 Å². The first kappa shape index (κ1) is 12.4. The van der Waals surface area contributed by atoms with E-state index in [-0.39, 0.29) is 5.91 Å². The lowest BCUT2D eigenvalue weighted by Crippen LogP contribution is -2.22. The average molecular weight is 243 g/mol. The number of carbonyl (C=O) groups excluding carboxylic acids is 1. The number of benzene rings is 1. The number of nitrogens with zero attached hydrogens (tertiary/aromatic N) is 3. The average Bonchev–Trinajstić information content (AvgIpc) is 2.58. The Balaban J connectivity index is 2.33. The zero-order chi connectivity index (χ0) is 13.3. The molecule has 1 amide bonds. The summed E-state index contributed by atoms with van der Waals surface area (Å²) in [5.74, 6) is -0.0787. The summed E-state index contributed by atoms with van der Waals surface area (Å²) in [6, 6.07) is 7.76. The molecule has 0 bridgehead atoms. The Labute approximate surface area is 107 Å². The van der Waals surface area contributed by atoms with Crippen LogP contribution in [0.5, 0.6) is 0 Å². The van der Waals surface area contributed by atoms with Crippen molar-refractivity contribution in [1.82, 2.24) is 4.90 Å². The van der Waals surface area contributed by atoms with Gasteiger partial charge in [-0.05, 0) is 26.0 Å². The van der Waals surface area contributed by atoms with Gasteiger partial charge in [-0.1, -0.05) is 17.7 Å². The number of rotatable bonds is 2. The van der Waals surface area contributed by atoms with E-state index in [2.05, 4.69) is 5.10 Å². The molecule has 2 rings (SSSR count). The van der Waals surface area contributed by atoms with E-state index in [1.807, 2.05) is 57.1 Å². The highest BCUT2D eigenvalue weighted by molar-refractivity contribution is 6.29. The summed E-state index contributed by atoms with van der Waals surface area (Å²) in [5, 5.41) is 5.76. The number of hydrogen-bond acceptors (Lipinski definition) is 3. The fraction of sp³-hybridized carbons (Fsp3) is 0.286. The number of hydrogen-bond donors (Lipinski definition) is 0. The molecule has 1 heterocycles. The van der Waals surface area contributed by atoms with Crippen LogP contribution in [0, 0.1) is 6.92 Å². The molecule has 4 nitrogen and oxygen atoms in total. The van der Waals surface area contributed by atoms with Crippen LogP contribution in [0.2, 0.25) is 0 Å². The van der Waals surface area contributed by atoms with Crippen LogP contribution < -0.4 is 5.01 Å². The summed E-state index contributed by atoms with van der Waals surface area (Å²) < 4.78 is 0. The van der Waals surface area contributed by atoms with Crippen LogP contribution in [0.4, 0.5) is 5.69 Å². The Morgan fingerprint density at radius 1 is 1.17 bits per heavy atom. The highest BCUT2D eigenvalue weighted by atomic mass is 16.2. The SMILES string of the molecule is CC1=NN(c2ccc(C)cc2)C(=O)C1=CN(C)C. The first-order valence-corrected chi connectivity index (χ1v) is 5.84. The van der Waals surface area contributed by atoms with Crippen molar-refractivity contribution in [3.63, 3.8) is 0 Å². The summed E-state index contributed by atoms with van der Waals surface area (Å²) in [5.41, 5.74) is 3.34. The topological polar surface area (TPSA) is 35.9 Å². The first-order chi connectivity index (χ1) is 8.49. The molecule has 0 aliphatic carbocycles. The zero-order valence-electron chi connectivity index (χ0n) is 11.1. The van der Waals surface area contributed by atoms with Crippen molar-refractivity contribution in [3.05, 3.63) is 41.6 Å². The molecule has 0 radical (unpaired) electrons. The Morgan fingerprint density at radius 2 is 1.78 bits per heavy atom. The summed E-state index contributed by atoms with van der Waals surface area (Å²) in [7, 11) is 3.78. The van der Waals surface area contributed by atoms with Crippen LogP contribution in [-0.4, -0.2) is 30.6 Å². The van der Waals surface area contributed by atoms with Crippen molar-refractivity contribution in [2.75, 3.05) is 19.1 Å². The van der Waals surface area contributed by atoms with E-state index in [0.29, 0.717) is 5.57 Å². The van der Waals surface area contributed by atoms with Gasteiger partial charge in [-0.3, -0.25) is 4.79 Å². The normalized spacial score (nSPS) is 17.3. The molecule has 1 aromatic carbocycles. The summed E-state index contributed by atoms with van der Waals surface area (Å²) in [6.07, 6.45) is 1.80. The Kier molecular flexibility index (Phi) is 3.19. The second kappa shape index (κ2) is 4.64. The van der Waals surface area contributed by atoms with E-state index >= 15 is 0 Å². The van der Waals surface area contributed by atoms with Gasteiger partial charge in [-0.2, -0.15) is 10.1 Å². The minimum atomic E-state index is -0.0787. The van der Waals surface area contributed by atoms with Crippen molar-refractivity contribution in [3.8, 4) is 0 Å². The van der Waals surface area contributed by atoms with E-state index in [1.165, 1.54) is 5.01 Å². The Bertz CT molecular complexity index is 526. The van der Waals surface area contributed by atoms with Crippen LogP contribution in [-0.2, 0) is 4.79 Å². The molecule has 0 unspecified atom stereocenters. The first-order valence-electron chi connectivity index (χ1n) is 5.84. The van der Waals surface area contributed by atoms with Gasteiger partial charge in [-0.25, -0.2) is 0 Å². The van der Waals surface area contributed by atoms with E-state index in [4.69, 9.17) is 0 Å². The molecule has 0 spiro atoms. The van der Waals surface area contributed by atoms with Gasteiger partial charge in [0.15, 0.2) is 0 Å². The Hall–Kier alpha value is -2.10. The van der Waals surface area contributed by atoms with Gasteiger partial charge < -0.3 is 4.90 Å². The summed E-state index contributed by atoms with van der Waals surface area (Å²) >= 11 is 0. The van der Waals surface area contributed by atoms with Gasteiger partial charge in [0.1, 0.15) is 0 Å². The molecule has 1 aliphatic rings. The number of anilines is 1. The molecular weight excluding hydrogens is 226 g/mol. The van der Waals surface area contributed by atoms with E-state index < -0.39 is 0 Å². The van der Waals surface area contributed by atoms with E-state index in [0.717, 1.165) is 17.0 Å². The molecule has 0 N–H and O–H groups in total. The molecule has 0 fully saturated rings. The number of aryl methyl sites for hydroxylation is 1. The minimum Gasteiger partial charge on any atom is -0.383 e. The molecule has 1 aliphatic heterocycles. The van der Waals surface area contributed by atoms with Crippen LogP contribution in [0.25, 0.3) is 0 Å². The maximum absolute atomic E-state index is 12.3. The van der Waals surface area contributed by atoms with Crippen molar-refractivity contribution < 1.29 is 4.79 Å². The van der Waals surface area contributed by atoms with Crippen LogP contribution in [0.3, 0.4) is 0 Å². The van der Waals surface area contributed by atoms with Crippen molar-refractivity contribution in [2.24, 2.45) is 5.10 Å². The minimum absolute atomic E-state index is 0.0787. The molecule has 18 heavy (non-hydrogen) atoms. The zero-order valence-corrected chi connectivity index (χ0v) is 11.1. The largest absolute Gasteiger partial charge is 0.383 e. The lowest BCUT2D eigenvalue weighted by atomic mass is 10.2. The lowest BCUT2D eigenvalue weighted by Gasteiger charge is -2.12. The van der Waals surface area contributed by atoms with Gasteiger partial charge in [0, 0.05) is 20.3 Å². The third kappa shape index (κ3) is 2.27. The third-order valence-electron chi connectivity index (χ3n) is 2.73. The molecule has 0 atom stereocenters. The van der Waals surface area contributed by atoms with E-state index in [9.17, 15) is 4.79 Å². The predicted molar refractivity (Wildman–Crippen MR) is 73.5 cm³/mol. The Morgan fingerprint density at radius 3 is 2.33 bits per heavy atom. The molecule has 0 saturated carbocycles. The second-order valence-electron chi connectivity index (χ2n) is 4.64. The quantitative estimate of drug-likeness (QED) is 0.746. The van der Waals surface area contributed by atoms with Crippen LogP contribution >= 0.6 is 0 Å². The molecule has 0 aromatic heterocycles. The molecule has 94 valence electrons. The number of amides is 1. The van der Waals surface area contributed by atoms with Gasteiger partial charge >= 0.3 is 0 Å². The summed E-state index contributed by atoms with van der Waals surface area (Å²) in [4.78, 5) is 14.1. The van der Waals surface area contributed by atoms with Gasteiger partial charge in [0.2, 0.25) is 0 Å². The molecule has 0 saturated heterocycles. The van der Waals surface area contributed by atoms with Crippen LogP contribution in [0.15, 0.2) is 41.1 Å². The molecule has 4 heteroatoms. The standard InChI is InChI=1S/C14H17N3O/c1-10-5-7-12(8-6-10)17-14(18)13(9-16(3)4)11(2)15-17/h5-9H,1-4H3. The fourth-order valence-electron chi connectivity index (χ4n) is 1.79. The predicted octanol–water partition coefficient (Wildman–Crippen LogP) is 2.16. The van der Waals surface area contributed by atoms with Crippen molar-refractivity contribution >= 4 is 17.3 Å². The third-order valence-corrected chi connectivity index (χ3v) is 2.73. The smallest absolute Gasteiger partial charge is 0.282 e. The highest BCUT2D eigenvalue weighted by Gasteiger charge is 2.28. The monoisotopic (exact) mass is 243 g/mol. The van der Waals surface area contributed by atoms with Gasteiger partial charge in [-0.15, -0.1) is 0 Å². The molecular formula is C14H17N3O. The number of hydrazone groups is 1. The molecule has 1 aromatic rings. The highest BCUT2D eigenvalue weighted by Crippen LogP contribution is 2.23. The lowest BCUT2D eigenvalue weighted by molar-refractivity contribution is -0.114. The van der Waals surface area contributed by atoms with Crippen molar-refractivity contribution in [2.45, 2.75) is 13.8 Å². The van der Waals surface area contributed by atoms with Gasteiger partial charge in [0.05, 0.1) is 17.0 Å². The summed E-state index contributed by atoms with van der Waals surface area (Å²) in [6.45, 7) is 3.86. The maximum atomic E-state index is 12.3. The number of carbonyl (C=O) groups is 1. The van der Waals surface area contributed by atoms with Gasteiger partial charge in [0.25, 0.3) is 5.91 Å². The van der Waals surface area contributed by atoms with Crippen molar-refractivity contribution in [1.29, 1.82) is 0 Å². The maximum Gasteiger partial charge on any atom is 0.282 e.